The van der Waals surface area contributed by atoms with Crippen LogP contribution in [-0.4, -0.2) is 9.46 Å². The Labute approximate surface area is 79.0 Å². The Bertz CT molecular complexity index is 401. The minimum absolute atomic E-state index is 0.121. The van der Waals surface area contributed by atoms with Crippen LogP contribution >= 0.6 is 0 Å². The normalized spacial score (nSPS) is 21.0. The number of aryl methyl sites for hydroxylation is 1. The highest BCUT2D eigenvalue weighted by Crippen LogP contribution is 2.33. The minimum atomic E-state index is -2.48. The van der Waals surface area contributed by atoms with Gasteiger partial charge in [-0.25, -0.2) is 8.99 Å². The molecule has 1 aromatic rings. The van der Waals surface area contributed by atoms with Gasteiger partial charge in [0.1, 0.15) is 0 Å². The SMILES string of the molecule is Cc1ccc(S(=N)(=O)C2CC2)cc1. The van der Waals surface area contributed by atoms with Gasteiger partial charge < -0.3 is 0 Å². The Balaban J connectivity index is 2.40. The van der Waals surface area contributed by atoms with E-state index in [-0.39, 0.29) is 5.25 Å². The summed E-state index contributed by atoms with van der Waals surface area (Å²) in [6.45, 7) is 1.99. The third-order valence-electron chi connectivity index (χ3n) is 2.36. The lowest BCUT2D eigenvalue weighted by atomic mass is 10.2. The minimum Gasteiger partial charge on any atom is -0.249 e. The van der Waals surface area contributed by atoms with Gasteiger partial charge in [-0.15, -0.1) is 0 Å². The van der Waals surface area contributed by atoms with Crippen LogP contribution in [0.4, 0.5) is 0 Å². The van der Waals surface area contributed by atoms with Crippen molar-refractivity contribution in [1.29, 1.82) is 4.78 Å². The molecule has 1 unspecified atom stereocenters. The number of hydrogen-bond acceptors (Lipinski definition) is 2. The molecule has 0 aromatic heterocycles. The van der Waals surface area contributed by atoms with Crippen LogP contribution < -0.4 is 0 Å². The highest BCUT2D eigenvalue weighted by atomic mass is 32.2. The van der Waals surface area contributed by atoms with Crippen LogP contribution in [0.1, 0.15) is 18.4 Å². The van der Waals surface area contributed by atoms with Gasteiger partial charge in [0, 0.05) is 10.1 Å². The van der Waals surface area contributed by atoms with Gasteiger partial charge in [0.2, 0.25) is 0 Å². The number of nitrogens with one attached hydrogen (secondary N) is 1. The lowest BCUT2D eigenvalue weighted by Crippen LogP contribution is -2.04. The topological polar surface area (TPSA) is 40.9 Å². The van der Waals surface area contributed by atoms with E-state index in [9.17, 15) is 4.21 Å². The quantitative estimate of drug-likeness (QED) is 0.774. The first-order valence-electron chi connectivity index (χ1n) is 4.45. The zero-order valence-corrected chi connectivity index (χ0v) is 8.43. The van der Waals surface area contributed by atoms with Crippen molar-refractivity contribution in [2.24, 2.45) is 0 Å². The number of rotatable bonds is 2. The molecule has 0 spiro atoms. The summed E-state index contributed by atoms with van der Waals surface area (Å²) < 4.78 is 19.7. The molecule has 2 rings (SSSR count). The van der Waals surface area contributed by atoms with Crippen molar-refractivity contribution in [2.45, 2.75) is 29.9 Å². The smallest absolute Gasteiger partial charge is 0.0755 e. The van der Waals surface area contributed by atoms with Crippen LogP contribution in [0, 0.1) is 11.7 Å². The molecule has 1 aliphatic carbocycles. The summed E-state index contributed by atoms with van der Waals surface area (Å²) >= 11 is 0. The molecule has 0 radical (unpaired) electrons. The van der Waals surface area contributed by atoms with E-state index in [2.05, 4.69) is 0 Å². The van der Waals surface area contributed by atoms with Crippen molar-refractivity contribution in [1.82, 2.24) is 0 Å². The van der Waals surface area contributed by atoms with Gasteiger partial charge in [0.05, 0.1) is 9.73 Å². The Hall–Kier alpha value is -0.830. The van der Waals surface area contributed by atoms with Crippen molar-refractivity contribution in [3.63, 3.8) is 0 Å². The molecule has 0 heterocycles. The maximum absolute atomic E-state index is 11.9. The largest absolute Gasteiger partial charge is 0.249 e. The first kappa shape index (κ1) is 8.75. The molecule has 1 saturated carbocycles. The molecule has 2 nitrogen and oxygen atoms in total. The first-order valence-corrected chi connectivity index (χ1v) is 6.07. The van der Waals surface area contributed by atoms with Crippen molar-refractivity contribution < 1.29 is 4.21 Å². The summed E-state index contributed by atoms with van der Waals surface area (Å²) in [4.78, 5) is 0.695. The third kappa shape index (κ3) is 1.61. The molecule has 3 heteroatoms. The van der Waals surface area contributed by atoms with Crippen LogP contribution in [0.3, 0.4) is 0 Å². The van der Waals surface area contributed by atoms with Crippen LogP contribution in [0.15, 0.2) is 29.2 Å². The summed E-state index contributed by atoms with van der Waals surface area (Å²) in [5.41, 5.74) is 1.15. The Morgan fingerprint density at radius 2 is 1.85 bits per heavy atom. The second kappa shape index (κ2) is 2.84. The van der Waals surface area contributed by atoms with E-state index in [1.165, 1.54) is 0 Å². The van der Waals surface area contributed by atoms with Crippen molar-refractivity contribution in [3.05, 3.63) is 29.8 Å². The van der Waals surface area contributed by atoms with E-state index in [0.29, 0.717) is 4.90 Å². The summed E-state index contributed by atoms with van der Waals surface area (Å²) in [6.07, 6.45) is 1.91. The van der Waals surface area contributed by atoms with Gasteiger partial charge in [-0.1, -0.05) is 17.7 Å². The van der Waals surface area contributed by atoms with E-state index >= 15 is 0 Å². The molecule has 1 atom stereocenters. The van der Waals surface area contributed by atoms with Crippen LogP contribution in [0.5, 0.6) is 0 Å². The van der Waals surface area contributed by atoms with Gasteiger partial charge in [0.25, 0.3) is 0 Å². The fourth-order valence-corrected chi connectivity index (χ4v) is 3.06. The summed E-state index contributed by atoms with van der Waals surface area (Å²) in [5.74, 6) is 0. The Kier molecular flexibility index (Phi) is 1.91. The Morgan fingerprint density at radius 1 is 1.31 bits per heavy atom. The van der Waals surface area contributed by atoms with E-state index in [1.807, 2.05) is 31.2 Å². The molecular formula is C10H13NOS. The van der Waals surface area contributed by atoms with Crippen LogP contribution in [-0.2, 0) is 9.73 Å². The van der Waals surface area contributed by atoms with Crippen molar-refractivity contribution in [3.8, 4) is 0 Å². The standard InChI is InChI=1S/C10H13NOS/c1-8-2-4-9(5-3-8)13(11,12)10-6-7-10/h2-5,10-11H,6-7H2,1H3. The van der Waals surface area contributed by atoms with E-state index in [4.69, 9.17) is 4.78 Å². The molecule has 1 N–H and O–H groups in total. The van der Waals surface area contributed by atoms with E-state index in [0.717, 1.165) is 18.4 Å². The zero-order valence-electron chi connectivity index (χ0n) is 7.62. The van der Waals surface area contributed by atoms with Crippen molar-refractivity contribution >= 4 is 9.73 Å². The Morgan fingerprint density at radius 3 is 2.31 bits per heavy atom. The lowest BCUT2D eigenvalue weighted by Gasteiger charge is -2.05. The average molecular weight is 195 g/mol. The fourth-order valence-electron chi connectivity index (χ4n) is 1.33. The van der Waals surface area contributed by atoms with Gasteiger partial charge in [-0.2, -0.15) is 0 Å². The third-order valence-corrected chi connectivity index (χ3v) is 4.75. The van der Waals surface area contributed by atoms with Crippen LogP contribution in [0.2, 0.25) is 0 Å². The maximum Gasteiger partial charge on any atom is 0.0755 e. The molecule has 1 aliphatic rings. The number of benzene rings is 1. The first-order chi connectivity index (χ1) is 6.10. The summed E-state index contributed by atoms with van der Waals surface area (Å²) in [5, 5.41) is 0.121. The average Bonchev–Trinajstić information content (AvgIpc) is 2.87. The van der Waals surface area contributed by atoms with Crippen LogP contribution in [0.25, 0.3) is 0 Å². The summed E-state index contributed by atoms with van der Waals surface area (Å²) in [6, 6.07) is 7.49. The predicted octanol–water partition coefficient (Wildman–Crippen LogP) is 2.56. The monoisotopic (exact) mass is 195 g/mol. The molecule has 0 saturated heterocycles. The highest BCUT2D eigenvalue weighted by molar-refractivity contribution is 7.93. The molecule has 0 aliphatic heterocycles. The highest BCUT2D eigenvalue weighted by Gasteiger charge is 2.33. The van der Waals surface area contributed by atoms with Gasteiger partial charge >= 0.3 is 0 Å². The fraction of sp³-hybridized carbons (Fsp3) is 0.400. The van der Waals surface area contributed by atoms with E-state index in [1.54, 1.807) is 0 Å². The van der Waals surface area contributed by atoms with Gasteiger partial charge in [-0.05, 0) is 31.9 Å². The molecule has 70 valence electrons. The van der Waals surface area contributed by atoms with Crippen molar-refractivity contribution in [2.75, 3.05) is 0 Å². The molecule has 1 fully saturated rings. The molecule has 1 aromatic carbocycles. The zero-order chi connectivity index (χ0) is 9.47. The van der Waals surface area contributed by atoms with E-state index < -0.39 is 9.73 Å². The van der Waals surface area contributed by atoms with Gasteiger partial charge in [-0.3, -0.25) is 0 Å². The predicted molar refractivity (Wildman–Crippen MR) is 53.3 cm³/mol. The lowest BCUT2D eigenvalue weighted by molar-refractivity contribution is 0.673. The molecular weight excluding hydrogens is 182 g/mol. The maximum atomic E-state index is 11.9. The van der Waals surface area contributed by atoms with Gasteiger partial charge in [0.15, 0.2) is 0 Å². The molecule has 0 amide bonds. The second-order valence-electron chi connectivity index (χ2n) is 3.61. The molecule has 0 bridgehead atoms. The second-order valence-corrected chi connectivity index (χ2v) is 5.95. The number of hydrogen-bond donors (Lipinski definition) is 1. The summed E-state index contributed by atoms with van der Waals surface area (Å²) in [7, 11) is -2.48. The molecule has 13 heavy (non-hydrogen) atoms.